The topological polar surface area (TPSA) is 102 Å². The first-order chi connectivity index (χ1) is 22.4. The standard InChI is InChI=1S/C37H40N6O3S/c1-22-7-11-30(27-17-24(3)35-26(18-27)8-10-28-21-42(6)13-14-43(28)35)32(15-22)47(45,46)33-20-39-36-34(40-33)31(19-38-36)25-9-12-29(23(2)16-25)37(44)41(4)5/h7,9,11-12,15-20,28H,8,10,13-14,21H2,1-6H3,(H,38,39). The summed E-state index contributed by atoms with van der Waals surface area (Å²) in [6.45, 7) is 9.03. The van der Waals surface area contributed by atoms with Crippen molar-refractivity contribution in [2.24, 2.45) is 0 Å². The van der Waals surface area contributed by atoms with Crippen LogP contribution in [0.5, 0.6) is 0 Å². The molecule has 2 aliphatic heterocycles. The molecule has 1 fully saturated rings. The molecule has 3 aromatic carbocycles. The van der Waals surface area contributed by atoms with E-state index in [0.29, 0.717) is 33.9 Å². The summed E-state index contributed by atoms with van der Waals surface area (Å²) in [5, 5.41) is -0.108. The maximum atomic E-state index is 14.5. The molecule has 1 unspecified atom stereocenters. The number of nitrogens with zero attached hydrogens (tertiary/aromatic N) is 5. The Balaban J connectivity index is 1.29. The first kappa shape index (κ1) is 31.1. The molecule has 1 amide bonds. The van der Waals surface area contributed by atoms with Crippen molar-refractivity contribution in [2.75, 3.05) is 45.7 Å². The number of piperazine rings is 1. The van der Waals surface area contributed by atoms with Gasteiger partial charge in [0.15, 0.2) is 10.7 Å². The summed E-state index contributed by atoms with van der Waals surface area (Å²) in [5.41, 5.74) is 10.1. The van der Waals surface area contributed by atoms with Crippen molar-refractivity contribution in [2.45, 2.75) is 49.6 Å². The fourth-order valence-corrected chi connectivity index (χ4v) is 8.67. The third kappa shape index (κ3) is 5.39. The number of hydrogen-bond acceptors (Lipinski definition) is 7. The van der Waals surface area contributed by atoms with E-state index in [9.17, 15) is 13.2 Å². The molecule has 9 nitrogen and oxygen atoms in total. The van der Waals surface area contributed by atoms with Gasteiger partial charge in [-0.25, -0.2) is 18.4 Å². The second-order valence-electron chi connectivity index (χ2n) is 13.3. The van der Waals surface area contributed by atoms with Crippen molar-refractivity contribution in [1.82, 2.24) is 24.8 Å². The number of rotatable bonds is 5. The summed E-state index contributed by atoms with van der Waals surface area (Å²) >= 11 is 0. The van der Waals surface area contributed by atoms with Crippen molar-refractivity contribution in [3.8, 4) is 22.3 Å². The number of carbonyl (C=O) groups excluding carboxylic acids is 1. The number of benzene rings is 3. The minimum Gasteiger partial charge on any atom is -0.366 e. The van der Waals surface area contributed by atoms with Gasteiger partial charge in [-0.1, -0.05) is 24.3 Å². The molecule has 2 aromatic heterocycles. The van der Waals surface area contributed by atoms with Gasteiger partial charge in [0.25, 0.3) is 5.91 Å². The highest BCUT2D eigenvalue weighted by Gasteiger charge is 2.33. The van der Waals surface area contributed by atoms with Crippen LogP contribution in [0.15, 0.2) is 70.8 Å². The Morgan fingerprint density at radius 3 is 2.51 bits per heavy atom. The Kier molecular flexibility index (Phi) is 7.68. The molecule has 10 heteroatoms. The number of H-pyrrole nitrogens is 1. The van der Waals surface area contributed by atoms with Crippen LogP contribution in [0.2, 0.25) is 0 Å². The SMILES string of the molecule is Cc1ccc(-c2cc(C)c3c(c2)CCC2CN(C)CCN32)c(S(=O)(=O)c2cnc3[nH]cc(-c4ccc(C(=O)N(C)C)c(C)c4)c3n2)c1. The number of likely N-dealkylation sites (N-methyl/N-ethyl adjacent to an activating group) is 1. The van der Waals surface area contributed by atoms with E-state index in [4.69, 9.17) is 4.98 Å². The highest BCUT2D eigenvalue weighted by Crippen LogP contribution is 2.41. The van der Waals surface area contributed by atoms with E-state index in [2.05, 4.69) is 45.9 Å². The van der Waals surface area contributed by atoms with Gasteiger partial charge in [0.2, 0.25) is 9.84 Å². The zero-order valence-electron chi connectivity index (χ0n) is 27.8. The predicted octanol–water partition coefficient (Wildman–Crippen LogP) is 5.82. The number of carbonyl (C=O) groups is 1. The molecule has 7 rings (SSSR count). The van der Waals surface area contributed by atoms with Crippen LogP contribution < -0.4 is 4.90 Å². The summed E-state index contributed by atoms with van der Waals surface area (Å²) in [6, 6.07) is 16.0. The van der Waals surface area contributed by atoms with Gasteiger partial charge in [-0.3, -0.25) is 4.79 Å². The Bertz CT molecular complexity index is 2170. The van der Waals surface area contributed by atoms with E-state index in [-0.39, 0.29) is 15.8 Å². The normalized spacial score (nSPS) is 16.6. The zero-order chi connectivity index (χ0) is 33.2. The molecule has 0 spiro atoms. The third-order valence-electron chi connectivity index (χ3n) is 9.65. The number of fused-ring (bicyclic) bond motifs is 4. The molecule has 0 saturated carbocycles. The number of aromatic amines is 1. The monoisotopic (exact) mass is 648 g/mol. The molecule has 5 aromatic rings. The van der Waals surface area contributed by atoms with Gasteiger partial charge in [-0.05, 0) is 98.3 Å². The van der Waals surface area contributed by atoms with Gasteiger partial charge in [0, 0.05) is 68.3 Å². The van der Waals surface area contributed by atoms with Gasteiger partial charge in [0.05, 0.1) is 11.1 Å². The van der Waals surface area contributed by atoms with Gasteiger partial charge >= 0.3 is 0 Å². The molecule has 4 heterocycles. The van der Waals surface area contributed by atoms with E-state index in [1.165, 1.54) is 23.0 Å². The summed E-state index contributed by atoms with van der Waals surface area (Å²) < 4.78 is 28.9. The van der Waals surface area contributed by atoms with Crippen LogP contribution in [0.25, 0.3) is 33.4 Å². The average molecular weight is 649 g/mol. The van der Waals surface area contributed by atoms with Crippen LogP contribution in [-0.2, 0) is 16.3 Å². The van der Waals surface area contributed by atoms with Gasteiger partial charge in [0.1, 0.15) is 5.52 Å². The van der Waals surface area contributed by atoms with Gasteiger partial charge in [-0.15, -0.1) is 0 Å². The molecule has 47 heavy (non-hydrogen) atoms. The molecule has 1 atom stereocenters. The number of anilines is 1. The first-order valence-corrected chi connectivity index (χ1v) is 17.5. The van der Waals surface area contributed by atoms with Crippen molar-refractivity contribution in [3.05, 3.63) is 88.7 Å². The molecule has 0 bridgehead atoms. The number of sulfone groups is 1. The van der Waals surface area contributed by atoms with Gasteiger partial charge < -0.3 is 19.7 Å². The van der Waals surface area contributed by atoms with Crippen LogP contribution >= 0.6 is 0 Å². The molecular weight excluding hydrogens is 609 g/mol. The fourth-order valence-electron chi connectivity index (χ4n) is 7.22. The zero-order valence-corrected chi connectivity index (χ0v) is 28.6. The van der Waals surface area contributed by atoms with Crippen LogP contribution in [0.1, 0.15) is 39.0 Å². The van der Waals surface area contributed by atoms with Crippen LogP contribution in [0.4, 0.5) is 5.69 Å². The van der Waals surface area contributed by atoms with Crippen molar-refractivity contribution in [1.29, 1.82) is 0 Å². The lowest BCUT2D eigenvalue weighted by Crippen LogP contribution is -2.54. The summed E-state index contributed by atoms with van der Waals surface area (Å²) in [7, 11) is 1.58. The highest BCUT2D eigenvalue weighted by atomic mass is 32.2. The molecule has 0 aliphatic carbocycles. The summed E-state index contributed by atoms with van der Waals surface area (Å²) in [5.74, 6) is -0.0762. The second-order valence-corrected chi connectivity index (χ2v) is 15.2. The maximum absolute atomic E-state index is 14.5. The van der Waals surface area contributed by atoms with Crippen LogP contribution in [0.3, 0.4) is 0 Å². The number of aromatic nitrogens is 3. The quantitative estimate of drug-likeness (QED) is 0.256. The lowest BCUT2D eigenvalue weighted by Gasteiger charge is -2.46. The number of amides is 1. The summed E-state index contributed by atoms with van der Waals surface area (Å²) in [4.78, 5) is 31.7. The minimum absolute atomic E-state index is 0.0762. The van der Waals surface area contributed by atoms with Gasteiger partial charge in [-0.2, -0.15) is 0 Å². The Hall–Kier alpha value is -4.54. The summed E-state index contributed by atoms with van der Waals surface area (Å²) in [6.07, 6.45) is 5.17. The smallest absolute Gasteiger partial charge is 0.253 e. The second kappa shape index (κ2) is 11.6. The van der Waals surface area contributed by atoms with E-state index in [1.54, 1.807) is 37.3 Å². The molecule has 0 radical (unpaired) electrons. The lowest BCUT2D eigenvalue weighted by atomic mass is 9.88. The Labute approximate surface area is 276 Å². The lowest BCUT2D eigenvalue weighted by molar-refractivity contribution is 0.0827. The Morgan fingerprint density at radius 1 is 0.957 bits per heavy atom. The molecule has 2 aliphatic rings. The van der Waals surface area contributed by atoms with E-state index in [0.717, 1.165) is 54.7 Å². The number of nitrogens with one attached hydrogen (secondary N) is 1. The number of hydrogen-bond donors (Lipinski definition) is 1. The molecular formula is C37H40N6O3S. The minimum atomic E-state index is -4.06. The van der Waals surface area contributed by atoms with Crippen LogP contribution in [0, 0.1) is 20.8 Å². The predicted molar refractivity (Wildman–Crippen MR) is 186 cm³/mol. The maximum Gasteiger partial charge on any atom is 0.253 e. The van der Waals surface area contributed by atoms with Crippen molar-refractivity contribution in [3.63, 3.8) is 0 Å². The third-order valence-corrected chi connectivity index (χ3v) is 11.3. The molecule has 1 N–H and O–H groups in total. The Morgan fingerprint density at radius 2 is 1.74 bits per heavy atom. The van der Waals surface area contributed by atoms with Crippen LogP contribution in [-0.4, -0.2) is 85.9 Å². The van der Waals surface area contributed by atoms with E-state index >= 15 is 0 Å². The first-order valence-electron chi connectivity index (χ1n) is 16.0. The number of aryl methyl sites for hydroxylation is 4. The largest absolute Gasteiger partial charge is 0.366 e. The van der Waals surface area contributed by atoms with Crippen molar-refractivity contribution >= 4 is 32.6 Å². The average Bonchev–Trinajstić information content (AvgIpc) is 3.47. The highest BCUT2D eigenvalue weighted by molar-refractivity contribution is 7.91. The van der Waals surface area contributed by atoms with E-state index in [1.807, 2.05) is 38.1 Å². The fraction of sp³-hybridized carbons (Fsp3) is 0.324. The molecule has 242 valence electrons. The molecule has 1 saturated heterocycles. The van der Waals surface area contributed by atoms with Crippen molar-refractivity contribution < 1.29 is 13.2 Å². The van der Waals surface area contributed by atoms with E-state index < -0.39 is 9.84 Å².